The van der Waals surface area contributed by atoms with Gasteiger partial charge in [-0.15, -0.1) is 0 Å². The quantitative estimate of drug-likeness (QED) is 0.113. The van der Waals surface area contributed by atoms with Crippen LogP contribution in [0.4, 0.5) is 21.5 Å². The van der Waals surface area contributed by atoms with E-state index in [0.717, 1.165) is 86.5 Å². The van der Waals surface area contributed by atoms with E-state index in [1.54, 1.807) is 6.07 Å². The first-order valence-corrected chi connectivity index (χ1v) is 21.3. The Bertz CT molecular complexity index is 2460. The molecule has 0 spiro atoms. The summed E-state index contributed by atoms with van der Waals surface area (Å²) < 4.78 is 21.0. The maximum absolute atomic E-state index is 15.8. The van der Waals surface area contributed by atoms with Gasteiger partial charge in [0, 0.05) is 111 Å². The number of fused-ring (bicyclic) bond motifs is 1. The van der Waals surface area contributed by atoms with Crippen LogP contribution in [0.5, 0.6) is 0 Å². The summed E-state index contributed by atoms with van der Waals surface area (Å²) in [4.78, 5) is 49.8. The van der Waals surface area contributed by atoms with E-state index in [2.05, 4.69) is 98.5 Å². The van der Waals surface area contributed by atoms with Gasteiger partial charge in [0.15, 0.2) is 5.82 Å². The number of aldehydes is 1. The number of piperidine rings is 1. The maximum atomic E-state index is 15.8. The lowest BCUT2D eigenvalue weighted by atomic mass is 9.95. The lowest BCUT2D eigenvalue weighted by Crippen LogP contribution is -2.49. The van der Waals surface area contributed by atoms with Crippen LogP contribution in [-0.2, 0) is 16.8 Å². The number of H-pyrrole nitrogens is 1. The zero-order chi connectivity index (χ0) is 42.7. The molecule has 6 aromatic rings. The van der Waals surface area contributed by atoms with Gasteiger partial charge in [-0.05, 0) is 97.0 Å². The fraction of sp³-hybridized carbons (Fsp3) is 0.404. The van der Waals surface area contributed by atoms with Crippen LogP contribution >= 0.6 is 0 Å². The lowest BCUT2D eigenvalue weighted by Gasteiger charge is -2.40. The van der Waals surface area contributed by atoms with Crippen LogP contribution in [0.3, 0.4) is 0 Å². The van der Waals surface area contributed by atoms with Crippen molar-refractivity contribution in [1.29, 1.82) is 0 Å². The van der Waals surface area contributed by atoms with Crippen molar-refractivity contribution in [2.24, 2.45) is 5.92 Å². The van der Waals surface area contributed by atoms with E-state index in [1.165, 1.54) is 36.6 Å². The third-order valence-electron chi connectivity index (χ3n) is 12.1. The molecule has 3 aromatic carbocycles. The molecule has 8 rings (SSSR count). The predicted molar refractivity (Wildman–Crippen MR) is 238 cm³/mol. The van der Waals surface area contributed by atoms with E-state index < -0.39 is 11.7 Å². The third-order valence-corrected chi connectivity index (χ3v) is 12.1. The highest BCUT2D eigenvalue weighted by molar-refractivity contribution is 5.94. The van der Waals surface area contributed by atoms with Gasteiger partial charge in [0.25, 0.3) is 0 Å². The average molecular weight is 827 g/mol. The van der Waals surface area contributed by atoms with Crippen LogP contribution in [0.1, 0.15) is 67.7 Å². The number of halogens is 1. The Morgan fingerprint density at radius 3 is 2.31 bits per heavy atom. The molecular formula is C47H55FN10O3. The number of anilines is 3. The zero-order valence-corrected chi connectivity index (χ0v) is 35.7. The van der Waals surface area contributed by atoms with Crippen molar-refractivity contribution >= 4 is 40.3 Å². The lowest BCUT2D eigenvalue weighted by molar-refractivity contribution is -0.107. The van der Waals surface area contributed by atoms with Crippen molar-refractivity contribution in [3.63, 3.8) is 0 Å². The van der Waals surface area contributed by atoms with Crippen molar-refractivity contribution < 1.29 is 18.5 Å². The molecule has 3 aromatic heterocycles. The number of hydrogen-bond acceptors (Lipinski definition) is 11. The van der Waals surface area contributed by atoms with Gasteiger partial charge in [0.2, 0.25) is 0 Å². The van der Waals surface area contributed by atoms with E-state index in [-0.39, 0.29) is 17.9 Å². The van der Waals surface area contributed by atoms with Gasteiger partial charge >= 0.3 is 11.8 Å². The minimum atomic E-state index is -0.518. The Labute approximate surface area is 356 Å². The molecule has 2 saturated heterocycles. The highest BCUT2D eigenvalue weighted by Gasteiger charge is 2.26. The normalized spacial score (nSPS) is 15.4. The van der Waals surface area contributed by atoms with Gasteiger partial charge in [-0.25, -0.2) is 14.4 Å². The molecule has 2 fully saturated rings. The molecule has 0 bridgehead atoms. The van der Waals surface area contributed by atoms with Gasteiger partial charge in [0.05, 0.1) is 5.69 Å². The summed E-state index contributed by atoms with van der Waals surface area (Å²) in [6.07, 6.45) is 5.37. The van der Waals surface area contributed by atoms with Gasteiger partial charge in [0.1, 0.15) is 24.1 Å². The molecule has 61 heavy (non-hydrogen) atoms. The van der Waals surface area contributed by atoms with Crippen molar-refractivity contribution in [2.75, 3.05) is 74.1 Å². The summed E-state index contributed by atoms with van der Waals surface area (Å²) in [6, 6.07) is 22.5. The molecule has 0 unspecified atom stereocenters. The van der Waals surface area contributed by atoms with E-state index >= 15 is 4.39 Å². The highest BCUT2D eigenvalue weighted by atomic mass is 19.1. The number of piperazine rings is 1. The average Bonchev–Trinajstić information content (AvgIpc) is 3.96. The van der Waals surface area contributed by atoms with Crippen LogP contribution in [-0.4, -0.2) is 102 Å². The Morgan fingerprint density at radius 1 is 0.951 bits per heavy atom. The van der Waals surface area contributed by atoms with Crippen molar-refractivity contribution in [1.82, 2.24) is 35.3 Å². The number of carbonyl (C=O) groups is 2. The third kappa shape index (κ3) is 9.44. The second-order valence-electron chi connectivity index (χ2n) is 17.4. The minimum absolute atomic E-state index is 0.0934. The van der Waals surface area contributed by atoms with E-state index in [1.807, 2.05) is 40.8 Å². The maximum Gasteiger partial charge on any atom is 0.315 e. The number of aryl methyl sites for hydroxylation is 1. The molecule has 2 aliphatic rings. The minimum Gasteiger partial charge on any atom is -0.374 e. The van der Waals surface area contributed by atoms with Crippen LogP contribution in [0.15, 0.2) is 77.6 Å². The summed E-state index contributed by atoms with van der Waals surface area (Å²) in [5, 5.41) is 7.40. The largest absolute Gasteiger partial charge is 0.374 e. The standard InChI is InChI=1S/C47H55FN10O3/c1-31-25-38(40(48)26-34(31)28-49-44(60)45-53-46(54-61-45)47(2,3)4)42-39-27-41(52-43(39)51-30-50-42)33-7-9-36(10-8-33)58-22-20-56(21-23-58)29-32-15-18-57(19-16-32)37-13-11-35(12-14-37)55(5)17-6-24-59/h7-14,24-27,30,32H,6,15-23,28-29H2,1-5H3,(H,49,60)(H,50,51,52). The van der Waals surface area contributed by atoms with E-state index in [0.29, 0.717) is 40.6 Å². The van der Waals surface area contributed by atoms with E-state index in [9.17, 15) is 9.59 Å². The highest BCUT2D eigenvalue weighted by Crippen LogP contribution is 2.34. The zero-order valence-electron chi connectivity index (χ0n) is 35.7. The van der Waals surface area contributed by atoms with Crippen molar-refractivity contribution in [3.05, 3.63) is 102 Å². The monoisotopic (exact) mass is 826 g/mol. The van der Waals surface area contributed by atoms with Crippen LogP contribution in [0.2, 0.25) is 0 Å². The number of aromatic amines is 1. The number of nitrogens with zero attached hydrogens (tertiary/aromatic N) is 8. The number of amides is 1. The fourth-order valence-electron chi connectivity index (χ4n) is 8.35. The van der Waals surface area contributed by atoms with Gasteiger partial charge in [-0.3, -0.25) is 9.69 Å². The summed E-state index contributed by atoms with van der Waals surface area (Å²) >= 11 is 0. The first-order chi connectivity index (χ1) is 29.4. The van der Waals surface area contributed by atoms with Crippen LogP contribution < -0.4 is 20.0 Å². The number of benzene rings is 3. The van der Waals surface area contributed by atoms with Gasteiger partial charge in [-0.1, -0.05) is 38.1 Å². The van der Waals surface area contributed by atoms with Gasteiger partial charge < -0.3 is 34.3 Å². The molecule has 318 valence electrons. The van der Waals surface area contributed by atoms with Crippen LogP contribution in [0.25, 0.3) is 33.5 Å². The van der Waals surface area contributed by atoms with E-state index in [4.69, 9.17) is 4.52 Å². The Balaban J connectivity index is 0.841. The number of rotatable bonds is 13. The molecule has 0 aliphatic carbocycles. The molecule has 0 radical (unpaired) electrons. The number of aromatic nitrogens is 5. The summed E-state index contributed by atoms with van der Waals surface area (Å²) in [6.45, 7) is 15.9. The fourth-order valence-corrected chi connectivity index (χ4v) is 8.35. The van der Waals surface area contributed by atoms with Crippen molar-refractivity contribution in [3.8, 4) is 22.5 Å². The molecule has 13 nitrogen and oxygen atoms in total. The SMILES string of the molecule is Cc1cc(-c2ncnc3[nH]c(-c4ccc(N5CCN(CC6CCN(c7ccc(N(C)CCC=O)cc7)CC6)CC5)cc4)cc23)c(F)cc1CNC(=O)c1nc(C(C)(C)C)no1. The summed E-state index contributed by atoms with van der Waals surface area (Å²) in [5.74, 6) is 0.0522. The number of carbonyl (C=O) groups excluding carboxylic acids is 2. The second-order valence-corrected chi connectivity index (χ2v) is 17.4. The van der Waals surface area contributed by atoms with Gasteiger partial charge in [-0.2, -0.15) is 4.98 Å². The Kier molecular flexibility index (Phi) is 12.2. The second kappa shape index (κ2) is 17.8. The molecule has 14 heteroatoms. The Morgan fingerprint density at radius 2 is 1.64 bits per heavy atom. The first kappa shape index (κ1) is 41.6. The smallest absolute Gasteiger partial charge is 0.315 e. The topological polar surface area (TPSA) is 140 Å². The number of hydrogen-bond donors (Lipinski definition) is 2. The Hall–Kier alpha value is -6.15. The predicted octanol–water partition coefficient (Wildman–Crippen LogP) is 7.41. The summed E-state index contributed by atoms with van der Waals surface area (Å²) in [7, 11) is 2.03. The number of nitrogens with one attached hydrogen (secondary N) is 2. The summed E-state index contributed by atoms with van der Waals surface area (Å²) in [5.41, 5.74) is 8.05. The molecule has 1 amide bonds. The van der Waals surface area contributed by atoms with Crippen molar-refractivity contribution in [2.45, 2.75) is 58.9 Å². The van der Waals surface area contributed by atoms with Crippen LogP contribution in [0, 0.1) is 18.7 Å². The first-order valence-electron chi connectivity index (χ1n) is 21.3. The molecule has 2 N–H and O–H groups in total. The molecular weight excluding hydrogens is 772 g/mol. The molecule has 5 heterocycles. The molecule has 2 aliphatic heterocycles. The molecule has 0 saturated carbocycles. The molecule has 0 atom stereocenters.